The van der Waals surface area contributed by atoms with E-state index in [9.17, 15) is 9.90 Å². The third-order valence-electron chi connectivity index (χ3n) is 4.95. The van der Waals surface area contributed by atoms with Gasteiger partial charge in [-0.25, -0.2) is 0 Å². The van der Waals surface area contributed by atoms with Gasteiger partial charge in [0.2, 0.25) is 0 Å². The smallest absolute Gasteiger partial charge is 0.321 e. The molecule has 0 aliphatic rings. The van der Waals surface area contributed by atoms with Crippen LogP contribution in [0, 0.1) is 0 Å². The lowest BCUT2D eigenvalue weighted by Crippen LogP contribution is -2.47. The molecule has 0 saturated carbocycles. The topological polar surface area (TPSA) is 61.4 Å². The first-order valence-corrected chi connectivity index (χ1v) is 10.0. The van der Waals surface area contributed by atoms with Gasteiger partial charge in [0.25, 0.3) is 0 Å². The second-order valence-electron chi connectivity index (χ2n) is 7.24. The second kappa shape index (κ2) is 11.1. The van der Waals surface area contributed by atoms with Gasteiger partial charge in [-0.2, -0.15) is 0 Å². The van der Waals surface area contributed by atoms with Crippen LogP contribution in [0.25, 0.3) is 0 Å². The van der Waals surface area contributed by atoms with Gasteiger partial charge in [0.05, 0.1) is 0 Å². The number of aliphatic carboxylic acids is 1. The van der Waals surface area contributed by atoms with Gasteiger partial charge in [0.15, 0.2) is 0 Å². The van der Waals surface area contributed by atoms with Crippen LogP contribution in [-0.4, -0.2) is 29.7 Å². The van der Waals surface area contributed by atoms with Gasteiger partial charge in [-0.15, -0.1) is 0 Å². The zero-order valence-corrected chi connectivity index (χ0v) is 16.5. The van der Waals surface area contributed by atoms with Crippen LogP contribution >= 0.6 is 0 Å². The molecular formula is C25H28N2O2. The standard InChI is InChI=1S/C25H28N2O2/c28-25(29)24(17-21-12-6-2-7-13-21)27-19-23(16-20-10-4-1-5-11-20)26-18-22-14-8-3-9-15-22/h1-15,23-24,26-27H,16-19H2,(H,28,29)/t23-,24-/m0/s1. The highest BCUT2D eigenvalue weighted by molar-refractivity contribution is 5.73. The summed E-state index contributed by atoms with van der Waals surface area (Å²) in [5, 5.41) is 16.5. The van der Waals surface area contributed by atoms with Gasteiger partial charge in [-0.3, -0.25) is 4.79 Å². The van der Waals surface area contributed by atoms with Gasteiger partial charge in [0, 0.05) is 19.1 Å². The highest BCUT2D eigenvalue weighted by Crippen LogP contribution is 2.07. The maximum Gasteiger partial charge on any atom is 0.321 e. The highest BCUT2D eigenvalue weighted by atomic mass is 16.4. The van der Waals surface area contributed by atoms with E-state index in [1.807, 2.05) is 66.7 Å². The average Bonchev–Trinajstić information content (AvgIpc) is 2.76. The molecule has 0 spiro atoms. The molecule has 3 aromatic rings. The summed E-state index contributed by atoms with van der Waals surface area (Å²) in [7, 11) is 0. The number of benzene rings is 3. The summed E-state index contributed by atoms with van der Waals surface area (Å²) in [5.41, 5.74) is 3.46. The molecule has 29 heavy (non-hydrogen) atoms. The molecule has 0 radical (unpaired) electrons. The molecule has 0 unspecified atom stereocenters. The predicted molar refractivity (Wildman–Crippen MR) is 117 cm³/mol. The second-order valence-corrected chi connectivity index (χ2v) is 7.24. The molecule has 3 rings (SSSR count). The molecule has 4 nitrogen and oxygen atoms in total. The molecule has 0 fully saturated rings. The first-order chi connectivity index (χ1) is 14.2. The minimum Gasteiger partial charge on any atom is -0.480 e. The van der Waals surface area contributed by atoms with E-state index in [2.05, 4.69) is 34.9 Å². The number of rotatable bonds is 11. The number of hydrogen-bond acceptors (Lipinski definition) is 3. The molecule has 0 heterocycles. The third kappa shape index (κ3) is 7.18. The minimum absolute atomic E-state index is 0.121. The number of hydrogen-bond donors (Lipinski definition) is 3. The Morgan fingerprint density at radius 2 is 1.17 bits per heavy atom. The molecule has 0 bridgehead atoms. The largest absolute Gasteiger partial charge is 0.480 e. The summed E-state index contributed by atoms with van der Waals surface area (Å²) in [6, 6.07) is 29.8. The molecule has 4 heteroatoms. The van der Waals surface area contributed by atoms with E-state index in [4.69, 9.17) is 0 Å². The van der Waals surface area contributed by atoms with E-state index in [0.717, 1.165) is 18.5 Å². The van der Waals surface area contributed by atoms with Crippen LogP contribution in [0.1, 0.15) is 16.7 Å². The fraction of sp³-hybridized carbons (Fsp3) is 0.240. The predicted octanol–water partition coefficient (Wildman–Crippen LogP) is 3.67. The van der Waals surface area contributed by atoms with Crippen molar-refractivity contribution in [1.29, 1.82) is 0 Å². The van der Waals surface area contributed by atoms with Crippen molar-refractivity contribution in [3.8, 4) is 0 Å². The first-order valence-electron chi connectivity index (χ1n) is 10.0. The Labute approximate surface area is 172 Å². The van der Waals surface area contributed by atoms with Crippen molar-refractivity contribution < 1.29 is 9.90 Å². The van der Waals surface area contributed by atoms with Crippen molar-refractivity contribution in [2.75, 3.05) is 6.54 Å². The molecule has 2 atom stereocenters. The first kappa shape index (κ1) is 20.8. The average molecular weight is 389 g/mol. The van der Waals surface area contributed by atoms with Crippen LogP contribution in [-0.2, 0) is 24.2 Å². The summed E-state index contributed by atoms with van der Waals surface area (Å²) < 4.78 is 0. The molecule has 150 valence electrons. The molecular weight excluding hydrogens is 360 g/mol. The fourth-order valence-corrected chi connectivity index (χ4v) is 3.35. The lowest BCUT2D eigenvalue weighted by molar-refractivity contribution is -0.139. The number of carboxylic acid groups (broad SMARTS) is 1. The van der Waals surface area contributed by atoms with Crippen LogP contribution in [0.4, 0.5) is 0 Å². The van der Waals surface area contributed by atoms with E-state index in [1.54, 1.807) is 0 Å². The van der Waals surface area contributed by atoms with Gasteiger partial charge in [-0.05, 0) is 29.5 Å². The molecule has 0 aliphatic carbocycles. The summed E-state index contributed by atoms with van der Waals surface area (Å²) in [5.74, 6) is -0.824. The van der Waals surface area contributed by atoms with E-state index >= 15 is 0 Å². The Balaban J connectivity index is 1.63. The van der Waals surface area contributed by atoms with Crippen molar-refractivity contribution >= 4 is 5.97 Å². The summed E-state index contributed by atoms with van der Waals surface area (Å²) in [6.45, 7) is 1.32. The summed E-state index contributed by atoms with van der Waals surface area (Å²) >= 11 is 0. The lowest BCUT2D eigenvalue weighted by atomic mass is 10.0. The zero-order valence-electron chi connectivity index (χ0n) is 16.5. The maximum atomic E-state index is 11.8. The number of nitrogens with one attached hydrogen (secondary N) is 2. The van der Waals surface area contributed by atoms with Crippen molar-refractivity contribution in [2.24, 2.45) is 0 Å². The van der Waals surface area contributed by atoms with E-state index < -0.39 is 12.0 Å². The van der Waals surface area contributed by atoms with Crippen LogP contribution in [0.15, 0.2) is 91.0 Å². The van der Waals surface area contributed by atoms with Crippen molar-refractivity contribution in [3.05, 3.63) is 108 Å². The van der Waals surface area contributed by atoms with Crippen LogP contribution in [0.3, 0.4) is 0 Å². The SMILES string of the molecule is O=C(O)[C@H](Cc1ccccc1)NC[C@H](Cc1ccccc1)NCc1ccccc1. The minimum atomic E-state index is -0.824. The Morgan fingerprint density at radius 3 is 1.69 bits per heavy atom. The number of carbonyl (C=O) groups is 1. The molecule has 0 aromatic heterocycles. The normalized spacial score (nSPS) is 13.0. The zero-order chi connectivity index (χ0) is 20.3. The number of carboxylic acids is 1. The monoisotopic (exact) mass is 388 g/mol. The van der Waals surface area contributed by atoms with Crippen LogP contribution in [0.5, 0.6) is 0 Å². The molecule has 0 saturated heterocycles. The molecule has 3 aromatic carbocycles. The van der Waals surface area contributed by atoms with Crippen molar-refractivity contribution in [2.45, 2.75) is 31.5 Å². The lowest BCUT2D eigenvalue weighted by Gasteiger charge is -2.23. The Morgan fingerprint density at radius 1 is 0.690 bits per heavy atom. The molecule has 3 N–H and O–H groups in total. The maximum absolute atomic E-state index is 11.8. The van der Waals surface area contributed by atoms with Gasteiger partial charge in [0.1, 0.15) is 6.04 Å². The quantitative estimate of drug-likeness (QED) is 0.469. The van der Waals surface area contributed by atoms with Crippen molar-refractivity contribution in [1.82, 2.24) is 10.6 Å². The summed E-state index contributed by atoms with van der Waals surface area (Å²) in [4.78, 5) is 11.8. The van der Waals surface area contributed by atoms with Crippen molar-refractivity contribution in [3.63, 3.8) is 0 Å². The van der Waals surface area contributed by atoms with E-state index in [0.29, 0.717) is 13.0 Å². The summed E-state index contributed by atoms with van der Waals surface area (Å²) in [6.07, 6.45) is 1.30. The Bertz CT molecular complexity index is 854. The third-order valence-corrected chi connectivity index (χ3v) is 4.95. The molecule has 0 amide bonds. The Kier molecular flexibility index (Phi) is 7.99. The van der Waals surface area contributed by atoms with Gasteiger partial charge < -0.3 is 15.7 Å². The fourth-order valence-electron chi connectivity index (χ4n) is 3.35. The van der Waals surface area contributed by atoms with E-state index in [-0.39, 0.29) is 6.04 Å². The van der Waals surface area contributed by atoms with Gasteiger partial charge >= 0.3 is 5.97 Å². The highest BCUT2D eigenvalue weighted by Gasteiger charge is 2.19. The van der Waals surface area contributed by atoms with Crippen LogP contribution < -0.4 is 10.6 Å². The van der Waals surface area contributed by atoms with Crippen LogP contribution in [0.2, 0.25) is 0 Å². The Hall–Kier alpha value is -2.95. The molecule has 0 aliphatic heterocycles. The van der Waals surface area contributed by atoms with Gasteiger partial charge in [-0.1, -0.05) is 91.0 Å². The van der Waals surface area contributed by atoms with E-state index in [1.165, 1.54) is 11.1 Å².